The zero-order chi connectivity index (χ0) is 13.1. The Bertz CT molecular complexity index is 534. The maximum Gasteiger partial charge on any atom is 0.295 e. The molecule has 0 spiro atoms. The second-order valence-electron chi connectivity index (χ2n) is 4.75. The molecule has 0 saturated heterocycles. The van der Waals surface area contributed by atoms with E-state index in [9.17, 15) is 0 Å². The van der Waals surface area contributed by atoms with Crippen LogP contribution in [0.1, 0.15) is 19.4 Å². The first-order chi connectivity index (χ1) is 8.61. The number of nitrogens with one attached hydrogen (secondary N) is 1. The van der Waals surface area contributed by atoms with E-state index in [0.717, 1.165) is 28.8 Å². The monoisotopic (exact) mass is 249 g/mol. The van der Waals surface area contributed by atoms with Gasteiger partial charge in [0.25, 0.3) is 6.01 Å². The third kappa shape index (κ3) is 2.56. The van der Waals surface area contributed by atoms with Crippen LogP contribution >= 0.6 is 0 Å². The van der Waals surface area contributed by atoms with Gasteiger partial charge in [0.2, 0.25) is 0 Å². The van der Waals surface area contributed by atoms with Crippen molar-refractivity contribution in [3.05, 3.63) is 17.7 Å². The van der Waals surface area contributed by atoms with Gasteiger partial charge in [0, 0.05) is 17.8 Å². The smallest absolute Gasteiger partial charge is 0.295 e. The fraction of sp³-hybridized carbons (Fsp3) is 0.462. The number of nitrogens with two attached hydrogens (primary N) is 1. The number of nitrogen functional groups attached to an aromatic ring is 1. The highest BCUT2D eigenvalue weighted by molar-refractivity contribution is 5.83. The van der Waals surface area contributed by atoms with Gasteiger partial charge in [-0.1, -0.05) is 13.8 Å². The number of aliphatic hydroxyl groups excluding tert-OH is 1. The van der Waals surface area contributed by atoms with Gasteiger partial charge in [-0.3, -0.25) is 0 Å². The maximum atomic E-state index is 8.77. The minimum atomic E-state index is 0.0414. The first kappa shape index (κ1) is 12.7. The summed E-state index contributed by atoms with van der Waals surface area (Å²) < 4.78 is 5.67. The summed E-state index contributed by atoms with van der Waals surface area (Å²) in [5.41, 5.74) is 9.27. The van der Waals surface area contributed by atoms with Gasteiger partial charge in [0.05, 0.1) is 6.61 Å². The van der Waals surface area contributed by atoms with Gasteiger partial charge in [-0.05, 0) is 24.5 Å². The van der Waals surface area contributed by atoms with Crippen LogP contribution in [0.25, 0.3) is 11.1 Å². The maximum absolute atomic E-state index is 8.77. The number of benzene rings is 1. The van der Waals surface area contributed by atoms with Crippen molar-refractivity contribution in [2.75, 3.05) is 24.2 Å². The van der Waals surface area contributed by atoms with Crippen LogP contribution in [-0.2, 0) is 6.42 Å². The van der Waals surface area contributed by atoms with Crippen LogP contribution in [0.5, 0.6) is 0 Å². The summed E-state index contributed by atoms with van der Waals surface area (Å²) in [5, 5.41) is 11.7. The van der Waals surface area contributed by atoms with Crippen molar-refractivity contribution in [2.24, 2.45) is 5.92 Å². The van der Waals surface area contributed by atoms with Crippen molar-refractivity contribution < 1.29 is 9.52 Å². The van der Waals surface area contributed by atoms with Gasteiger partial charge in [-0.25, -0.2) is 0 Å². The molecule has 0 aliphatic rings. The number of aliphatic hydroxyl groups is 1. The third-order valence-corrected chi connectivity index (χ3v) is 2.70. The summed E-state index contributed by atoms with van der Waals surface area (Å²) in [4.78, 5) is 4.31. The highest BCUT2D eigenvalue weighted by Gasteiger charge is 2.13. The molecule has 4 N–H and O–H groups in total. The molecule has 1 aromatic heterocycles. The van der Waals surface area contributed by atoms with Crippen molar-refractivity contribution in [3.8, 4) is 0 Å². The van der Waals surface area contributed by atoms with E-state index in [4.69, 9.17) is 15.3 Å². The van der Waals surface area contributed by atoms with E-state index in [-0.39, 0.29) is 6.61 Å². The van der Waals surface area contributed by atoms with Crippen LogP contribution in [0.4, 0.5) is 11.7 Å². The minimum absolute atomic E-state index is 0.0414. The molecule has 0 aliphatic carbocycles. The van der Waals surface area contributed by atoms with Crippen molar-refractivity contribution >= 4 is 22.8 Å². The van der Waals surface area contributed by atoms with Crippen LogP contribution in [0, 0.1) is 5.92 Å². The molecule has 0 bridgehead atoms. The molecule has 5 heteroatoms. The predicted octanol–water partition coefficient (Wildman–Crippen LogP) is 2.01. The van der Waals surface area contributed by atoms with Crippen molar-refractivity contribution in [3.63, 3.8) is 0 Å². The Morgan fingerprint density at radius 1 is 1.44 bits per heavy atom. The van der Waals surface area contributed by atoms with Gasteiger partial charge >= 0.3 is 0 Å². The highest BCUT2D eigenvalue weighted by Crippen LogP contribution is 2.28. The lowest BCUT2D eigenvalue weighted by molar-refractivity contribution is 0.310. The molecule has 2 rings (SSSR count). The molecule has 2 aromatic rings. The number of fused-ring (bicyclic) bond motifs is 1. The van der Waals surface area contributed by atoms with E-state index >= 15 is 0 Å². The first-order valence-electron chi connectivity index (χ1n) is 6.14. The molecular weight excluding hydrogens is 230 g/mol. The quantitative estimate of drug-likeness (QED) is 0.706. The van der Waals surface area contributed by atoms with Crippen molar-refractivity contribution in [1.29, 1.82) is 0 Å². The molecule has 0 atom stereocenters. The zero-order valence-corrected chi connectivity index (χ0v) is 10.7. The van der Waals surface area contributed by atoms with Crippen molar-refractivity contribution in [2.45, 2.75) is 20.3 Å². The molecule has 0 saturated carbocycles. The number of oxazole rings is 1. The third-order valence-electron chi connectivity index (χ3n) is 2.70. The molecule has 1 heterocycles. The summed E-state index contributed by atoms with van der Waals surface area (Å²) in [6, 6.07) is 4.13. The Balaban J connectivity index is 2.41. The minimum Gasteiger partial charge on any atom is -0.423 e. The van der Waals surface area contributed by atoms with Gasteiger partial charge in [-0.2, -0.15) is 4.98 Å². The largest absolute Gasteiger partial charge is 0.423 e. The predicted molar refractivity (Wildman–Crippen MR) is 72.5 cm³/mol. The first-order valence-corrected chi connectivity index (χ1v) is 6.14. The van der Waals surface area contributed by atoms with E-state index in [1.165, 1.54) is 0 Å². The van der Waals surface area contributed by atoms with Crippen LogP contribution in [0.3, 0.4) is 0 Å². The summed E-state index contributed by atoms with van der Waals surface area (Å²) in [6.45, 7) is 4.74. The Morgan fingerprint density at radius 2 is 2.22 bits per heavy atom. The molecule has 0 fully saturated rings. The average molecular weight is 249 g/mol. The topological polar surface area (TPSA) is 84.3 Å². The molecule has 0 amide bonds. The second-order valence-corrected chi connectivity index (χ2v) is 4.75. The Hall–Kier alpha value is -1.75. The lowest BCUT2D eigenvalue weighted by Crippen LogP contribution is -2.05. The number of rotatable bonds is 5. The van der Waals surface area contributed by atoms with Crippen LogP contribution in [0.15, 0.2) is 16.5 Å². The van der Waals surface area contributed by atoms with Crippen LogP contribution in [-0.4, -0.2) is 23.2 Å². The van der Waals surface area contributed by atoms with Gasteiger partial charge in [0.1, 0.15) is 5.52 Å². The summed E-state index contributed by atoms with van der Waals surface area (Å²) >= 11 is 0. The van der Waals surface area contributed by atoms with Gasteiger partial charge in [0.15, 0.2) is 5.58 Å². The number of anilines is 2. The van der Waals surface area contributed by atoms with E-state index in [2.05, 4.69) is 24.1 Å². The van der Waals surface area contributed by atoms with E-state index < -0.39 is 0 Å². The van der Waals surface area contributed by atoms with Crippen molar-refractivity contribution in [1.82, 2.24) is 4.98 Å². The van der Waals surface area contributed by atoms with E-state index in [1.54, 1.807) is 0 Å². The molecular formula is C13H19N3O2. The highest BCUT2D eigenvalue weighted by atomic mass is 16.4. The Morgan fingerprint density at radius 3 is 2.89 bits per heavy atom. The fourth-order valence-electron chi connectivity index (χ4n) is 1.92. The molecule has 0 unspecified atom stereocenters. The second kappa shape index (κ2) is 5.27. The summed E-state index contributed by atoms with van der Waals surface area (Å²) in [7, 11) is 0. The number of nitrogens with zero attached hydrogens (tertiary/aromatic N) is 1. The lowest BCUT2D eigenvalue weighted by atomic mass is 10.0. The lowest BCUT2D eigenvalue weighted by Gasteiger charge is -2.08. The molecule has 5 nitrogen and oxygen atoms in total. The van der Waals surface area contributed by atoms with Gasteiger partial charge in [-0.15, -0.1) is 0 Å². The summed E-state index contributed by atoms with van der Waals surface area (Å²) in [6.07, 6.45) is 0.859. The van der Waals surface area contributed by atoms with E-state index in [1.807, 2.05) is 12.1 Å². The van der Waals surface area contributed by atoms with Gasteiger partial charge < -0.3 is 20.6 Å². The zero-order valence-electron chi connectivity index (χ0n) is 10.7. The average Bonchev–Trinajstić information content (AvgIpc) is 2.73. The number of aromatic nitrogens is 1. The number of hydrogen-bond donors (Lipinski definition) is 3. The molecule has 98 valence electrons. The summed E-state index contributed by atoms with van der Waals surface area (Å²) in [5.74, 6) is 0.497. The standard InChI is InChI=1S/C13H19N3O2/c1-8(2)7-9-10(14)3-4-11-12(9)18-13(16-11)15-5-6-17/h3-4,8,17H,5-7,14H2,1-2H3,(H,15,16). The Kier molecular flexibility index (Phi) is 3.72. The van der Waals surface area contributed by atoms with Crippen LogP contribution in [0.2, 0.25) is 0 Å². The van der Waals surface area contributed by atoms with Crippen LogP contribution < -0.4 is 11.1 Å². The molecule has 1 aromatic carbocycles. The molecule has 18 heavy (non-hydrogen) atoms. The Labute approximate surface area is 106 Å². The SMILES string of the molecule is CC(C)Cc1c(N)ccc2nc(NCCO)oc12. The fourth-order valence-corrected chi connectivity index (χ4v) is 1.92. The molecule has 0 radical (unpaired) electrons. The normalized spacial score (nSPS) is 11.3. The molecule has 0 aliphatic heterocycles. The number of hydrogen-bond acceptors (Lipinski definition) is 5. The van der Waals surface area contributed by atoms with E-state index in [0.29, 0.717) is 18.5 Å².